The van der Waals surface area contributed by atoms with Gasteiger partial charge in [0.2, 0.25) is 10.0 Å². The maximum Gasteiger partial charge on any atom is 0.335 e. The van der Waals surface area contributed by atoms with Gasteiger partial charge in [0.15, 0.2) is 0 Å². The average Bonchev–Trinajstić information content (AvgIpc) is 2.43. The van der Waals surface area contributed by atoms with Gasteiger partial charge in [-0.3, -0.25) is 0 Å². The van der Waals surface area contributed by atoms with E-state index in [9.17, 15) is 13.2 Å². The molecule has 0 saturated carbocycles. The number of carboxylic acids is 1. The maximum absolute atomic E-state index is 12.3. The lowest BCUT2D eigenvalue weighted by atomic mass is 10.1. The third-order valence-electron chi connectivity index (χ3n) is 3.05. The zero-order valence-electron chi connectivity index (χ0n) is 12.0. The van der Waals surface area contributed by atoms with E-state index in [4.69, 9.17) is 10.2 Å². The zero-order valence-corrected chi connectivity index (χ0v) is 12.8. The predicted molar refractivity (Wildman–Crippen MR) is 79.6 cm³/mol. The Kier molecular flexibility index (Phi) is 6.80. The molecule has 0 aromatic heterocycles. The summed E-state index contributed by atoms with van der Waals surface area (Å²) in [6, 6.07) is 5.77. The van der Waals surface area contributed by atoms with Crippen molar-refractivity contribution in [3.05, 3.63) is 35.4 Å². The van der Waals surface area contributed by atoms with Gasteiger partial charge < -0.3 is 10.2 Å². The summed E-state index contributed by atoms with van der Waals surface area (Å²) in [5.74, 6) is -1.24. The molecule has 0 unspecified atom stereocenters. The van der Waals surface area contributed by atoms with Crippen molar-refractivity contribution < 1.29 is 23.4 Å². The molecule has 0 aliphatic heterocycles. The van der Waals surface area contributed by atoms with E-state index in [1.807, 2.05) is 6.92 Å². The van der Waals surface area contributed by atoms with Crippen LogP contribution in [0.25, 0.3) is 0 Å². The normalized spacial score (nSPS) is 11.8. The number of carbonyl (C=O) groups is 1. The summed E-state index contributed by atoms with van der Waals surface area (Å²) >= 11 is 0. The minimum absolute atomic E-state index is 0.0789. The van der Waals surface area contributed by atoms with Crippen molar-refractivity contribution in [3.63, 3.8) is 0 Å². The number of unbranched alkanes of at least 4 members (excludes halogenated alkanes) is 1. The summed E-state index contributed by atoms with van der Waals surface area (Å²) < 4.78 is 25.9. The first-order valence-electron chi connectivity index (χ1n) is 6.81. The molecule has 7 heteroatoms. The molecule has 0 amide bonds. The molecular formula is C14H21NO5S. The number of aliphatic hydroxyl groups excluding tert-OH is 1. The van der Waals surface area contributed by atoms with Crippen LogP contribution in [-0.4, -0.2) is 48.6 Å². The summed E-state index contributed by atoms with van der Waals surface area (Å²) in [6.07, 6.45) is 1.60. The number of carboxylic acid groups (broad SMARTS) is 1. The van der Waals surface area contributed by atoms with E-state index < -0.39 is 16.0 Å². The number of hydrogen-bond donors (Lipinski definition) is 2. The number of benzene rings is 1. The Morgan fingerprint density at radius 1 is 1.19 bits per heavy atom. The van der Waals surface area contributed by atoms with Crippen LogP contribution in [0.3, 0.4) is 0 Å². The fraction of sp³-hybridized carbons (Fsp3) is 0.500. The lowest BCUT2D eigenvalue weighted by Gasteiger charge is -2.21. The van der Waals surface area contributed by atoms with Crippen LogP contribution in [0, 0.1) is 0 Å². The molecule has 0 heterocycles. The summed E-state index contributed by atoms with van der Waals surface area (Å²) in [5, 5.41) is 17.8. The summed E-state index contributed by atoms with van der Waals surface area (Å²) in [5.41, 5.74) is 0.647. The summed E-state index contributed by atoms with van der Waals surface area (Å²) in [6.45, 7) is 2.21. The molecule has 21 heavy (non-hydrogen) atoms. The fourth-order valence-electron chi connectivity index (χ4n) is 1.88. The van der Waals surface area contributed by atoms with Crippen molar-refractivity contribution in [2.24, 2.45) is 0 Å². The average molecular weight is 315 g/mol. The van der Waals surface area contributed by atoms with Gasteiger partial charge in [-0.1, -0.05) is 25.5 Å². The van der Waals surface area contributed by atoms with Crippen LogP contribution in [0.15, 0.2) is 24.3 Å². The van der Waals surface area contributed by atoms with Crippen molar-refractivity contribution in [1.82, 2.24) is 4.31 Å². The number of hydrogen-bond acceptors (Lipinski definition) is 4. The molecule has 0 spiro atoms. The number of sulfonamides is 1. The van der Waals surface area contributed by atoms with Crippen LogP contribution >= 0.6 is 0 Å². The number of rotatable bonds is 9. The first-order valence-corrected chi connectivity index (χ1v) is 8.42. The molecule has 2 N–H and O–H groups in total. The highest BCUT2D eigenvalue weighted by atomic mass is 32.2. The molecule has 118 valence electrons. The van der Waals surface area contributed by atoms with E-state index >= 15 is 0 Å². The van der Waals surface area contributed by atoms with Gasteiger partial charge in [-0.2, -0.15) is 4.31 Å². The molecule has 0 saturated heterocycles. The largest absolute Gasteiger partial charge is 0.478 e. The molecule has 0 atom stereocenters. The molecule has 0 radical (unpaired) electrons. The molecule has 0 aliphatic carbocycles. The second kappa shape index (κ2) is 8.11. The highest BCUT2D eigenvalue weighted by Crippen LogP contribution is 2.13. The van der Waals surface area contributed by atoms with Crippen molar-refractivity contribution >= 4 is 16.0 Å². The van der Waals surface area contributed by atoms with E-state index in [2.05, 4.69) is 0 Å². The van der Waals surface area contributed by atoms with Gasteiger partial charge in [-0.15, -0.1) is 0 Å². The number of aliphatic hydroxyl groups is 1. The SMILES string of the molecule is CCCCN(CCO)S(=O)(=O)Cc1ccc(C(=O)O)cc1. The highest BCUT2D eigenvalue weighted by molar-refractivity contribution is 7.88. The Morgan fingerprint density at radius 2 is 1.81 bits per heavy atom. The lowest BCUT2D eigenvalue weighted by Crippen LogP contribution is -2.35. The van der Waals surface area contributed by atoms with Crippen molar-refractivity contribution in [1.29, 1.82) is 0 Å². The smallest absolute Gasteiger partial charge is 0.335 e. The molecule has 0 aliphatic rings. The van der Waals surface area contributed by atoms with Gasteiger partial charge in [0.1, 0.15) is 0 Å². The topological polar surface area (TPSA) is 94.9 Å². The maximum atomic E-state index is 12.3. The second-order valence-corrected chi connectivity index (χ2v) is 6.70. The Balaban J connectivity index is 2.83. The van der Waals surface area contributed by atoms with Gasteiger partial charge >= 0.3 is 5.97 Å². The Bertz CT molecular complexity index is 553. The van der Waals surface area contributed by atoms with Crippen molar-refractivity contribution in [2.75, 3.05) is 19.7 Å². The third-order valence-corrected chi connectivity index (χ3v) is 4.90. The summed E-state index contributed by atoms with van der Waals surface area (Å²) in [7, 11) is -3.52. The van der Waals surface area contributed by atoms with Crippen LogP contribution in [-0.2, 0) is 15.8 Å². The van der Waals surface area contributed by atoms with E-state index in [1.165, 1.54) is 28.6 Å². The minimum Gasteiger partial charge on any atom is -0.478 e. The predicted octanol–water partition coefficient (Wildman–Crippen LogP) is 1.31. The fourth-order valence-corrected chi connectivity index (χ4v) is 3.44. The lowest BCUT2D eigenvalue weighted by molar-refractivity contribution is 0.0697. The molecular weight excluding hydrogens is 294 g/mol. The third kappa shape index (κ3) is 5.45. The molecule has 0 fully saturated rings. The molecule has 1 rings (SSSR count). The van der Waals surface area contributed by atoms with E-state index in [0.29, 0.717) is 12.1 Å². The zero-order chi connectivity index (χ0) is 15.9. The van der Waals surface area contributed by atoms with E-state index in [1.54, 1.807) is 0 Å². The van der Waals surface area contributed by atoms with Crippen molar-refractivity contribution in [3.8, 4) is 0 Å². The first kappa shape index (κ1) is 17.6. The van der Waals surface area contributed by atoms with E-state index in [-0.39, 0.29) is 24.5 Å². The number of nitrogens with zero attached hydrogens (tertiary/aromatic N) is 1. The molecule has 1 aromatic carbocycles. The van der Waals surface area contributed by atoms with E-state index in [0.717, 1.165) is 12.8 Å². The number of aromatic carboxylic acids is 1. The van der Waals surface area contributed by atoms with Gasteiger partial charge in [-0.25, -0.2) is 13.2 Å². The van der Waals surface area contributed by atoms with Gasteiger partial charge in [0.05, 0.1) is 17.9 Å². The van der Waals surface area contributed by atoms with Gasteiger partial charge in [0, 0.05) is 13.1 Å². The van der Waals surface area contributed by atoms with Crippen LogP contribution in [0.4, 0.5) is 0 Å². The van der Waals surface area contributed by atoms with Crippen LogP contribution in [0.1, 0.15) is 35.7 Å². The van der Waals surface area contributed by atoms with Crippen LogP contribution in [0.2, 0.25) is 0 Å². The Hall–Kier alpha value is -1.44. The molecule has 0 bridgehead atoms. The van der Waals surface area contributed by atoms with Crippen LogP contribution in [0.5, 0.6) is 0 Å². The highest BCUT2D eigenvalue weighted by Gasteiger charge is 2.21. The first-order chi connectivity index (χ1) is 9.90. The summed E-state index contributed by atoms with van der Waals surface area (Å²) in [4.78, 5) is 10.8. The Labute approximate surface area is 125 Å². The van der Waals surface area contributed by atoms with Crippen molar-refractivity contribution in [2.45, 2.75) is 25.5 Å². The molecule has 1 aromatic rings. The van der Waals surface area contributed by atoms with Crippen LogP contribution < -0.4 is 0 Å². The van der Waals surface area contributed by atoms with Gasteiger partial charge in [0.25, 0.3) is 0 Å². The van der Waals surface area contributed by atoms with Gasteiger partial charge in [-0.05, 0) is 24.1 Å². The standard InChI is InChI=1S/C14H21NO5S/c1-2-3-8-15(9-10-16)21(19,20)11-12-4-6-13(7-5-12)14(17)18/h4-7,16H,2-3,8-11H2,1H3,(H,17,18). The quantitative estimate of drug-likeness (QED) is 0.716. The Morgan fingerprint density at radius 3 is 2.29 bits per heavy atom. The molecule has 6 nitrogen and oxygen atoms in total. The second-order valence-electron chi connectivity index (χ2n) is 4.73. The monoisotopic (exact) mass is 315 g/mol. The minimum atomic E-state index is -3.52.